The number of nitrogens with zero attached hydrogens (tertiary/aromatic N) is 3. The normalized spacial score (nSPS) is 13.6. The van der Waals surface area contributed by atoms with E-state index in [-0.39, 0.29) is 12.1 Å². The number of likely N-dealkylation sites (N-methyl/N-ethyl adjacent to an activating group) is 1. The molecule has 160 valence electrons. The third-order valence-corrected chi connectivity index (χ3v) is 5.35. The summed E-state index contributed by atoms with van der Waals surface area (Å²) in [5.41, 5.74) is 1.81. The maximum atomic E-state index is 13.4. The summed E-state index contributed by atoms with van der Waals surface area (Å²) >= 11 is 0. The molecule has 0 aliphatic carbocycles. The van der Waals surface area contributed by atoms with Crippen LogP contribution in [0.5, 0.6) is 0 Å². The van der Waals surface area contributed by atoms with Gasteiger partial charge in [0.05, 0.1) is 11.3 Å². The Bertz CT molecular complexity index is 1180. The molecule has 1 N–H and O–H groups in total. The Labute approximate surface area is 178 Å². The quantitative estimate of drug-likeness (QED) is 0.683. The van der Waals surface area contributed by atoms with Gasteiger partial charge in [-0.15, -0.1) is 0 Å². The highest BCUT2D eigenvalue weighted by molar-refractivity contribution is 5.90. The molecule has 1 aliphatic rings. The summed E-state index contributed by atoms with van der Waals surface area (Å²) < 4.78 is 28.2. The third kappa shape index (κ3) is 4.54. The number of fused-ring (bicyclic) bond motifs is 1. The average Bonchev–Trinajstić information content (AvgIpc) is 2.76. The molecular formula is C23H22F2N4O2. The summed E-state index contributed by atoms with van der Waals surface area (Å²) in [7, 11) is 0. The number of halogens is 2. The number of benzene rings is 2. The van der Waals surface area contributed by atoms with Crippen molar-refractivity contribution in [2.45, 2.75) is 26.4 Å². The van der Waals surface area contributed by atoms with Crippen LogP contribution < -0.4 is 10.9 Å². The number of rotatable bonds is 5. The van der Waals surface area contributed by atoms with Gasteiger partial charge in [0.25, 0.3) is 5.56 Å². The molecule has 2 aromatic carbocycles. The molecule has 8 heteroatoms. The van der Waals surface area contributed by atoms with E-state index in [2.05, 4.69) is 10.2 Å². The smallest absolute Gasteiger partial charge is 0.259 e. The van der Waals surface area contributed by atoms with E-state index < -0.39 is 17.5 Å². The molecule has 0 radical (unpaired) electrons. The topological polar surface area (TPSA) is 67.2 Å². The van der Waals surface area contributed by atoms with E-state index >= 15 is 0 Å². The van der Waals surface area contributed by atoms with Gasteiger partial charge in [-0.2, -0.15) is 0 Å². The molecule has 1 aliphatic heterocycles. The van der Waals surface area contributed by atoms with Crippen LogP contribution in [0.25, 0.3) is 11.4 Å². The van der Waals surface area contributed by atoms with Crippen LogP contribution in [0.15, 0.2) is 53.3 Å². The zero-order chi connectivity index (χ0) is 22.0. The monoisotopic (exact) mass is 424 g/mol. The minimum Gasteiger partial charge on any atom is -0.324 e. The fourth-order valence-electron chi connectivity index (χ4n) is 3.72. The summed E-state index contributed by atoms with van der Waals surface area (Å²) in [6.07, 6.45) is 0.628. The molecule has 0 saturated heterocycles. The molecule has 1 amide bonds. The molecule has 31 heavy (non-hydrogen) atoms. The van der Waals surface area contributed by atoms with Gasteiger partial charge in [0, 0.05) is 30.8 Å². The van der Waals surface area contributed by atoms with Crippen LogP contribution in [-0.4, -0.2) is 33.4 Å². The second kappa shape index (κ2) is 8.77. The molecule has 1 aromatic heterocycles. The van der Waals surface area contributed by atoms with Gasteiger partial charge in [-0.25, -0.2) is 13.8 Å². The van der Waals surface area contributed by atoms with Crippen molar-refractivity contribution in [3.05, 3.63) is 81.8 Å². The molecule has 0 bridgehead atoms. The molecule has 2 heterocycles. The minimum atomic E-state index is -0.485. The largest absolute Gasteiger partial charge is 0.324 e. The van der Waals surface area contributed by atoms with Gasteiger partial charge in [-0.05, 0) is 49.0 Å². The molecule has 0 spiro atoms. The maximum absolute atomic E-state index is 13.4. The SMILES string of the molecule is CCN1CCc2nc(-c3ccc(F)cc3)n(CC(=O)Nc3cccc(F)c3)c(=O)c2C1. The first-order valence-corrected chi connectivity index (χ1v) is 10.1. The van der Waals surface area contributed by atoms with Crippen molar-refractivity contribution in [1.82, 2.24) is 14.5 Å². The number of carbonyl (C=O) groups is 1. The fraction of sp³-hybridized carbons (Fsp3) is 0.261. The highest BCUT2D eigenvalue weighted by Gasteiger charge is 2.24. The number of nitrogens with one attached hydrogen (secondary N) is 1. The van der Waals surface area contributed by atoms with Gasteiger partial charge in [-0.1, -0.05) is 13.0 Å². The molecule has 3 aromatic rings. The molecule has 6 nitrogen and oxygen atoms in total. The minimum absolute atomic E-state index is 0.295. The maximum Gasteiger partial charge on any atom is 0.259 e. The molecule has 0 saturated carbocycles. The first-order valence-electron chi connectivity index (χ1n) is 10.1. The number of hydrogen-bond donors (Lipinski definition) is 1. The zero-order valence-electron chi connectivity index (χ0n) is 17.1. The van der Waals surface area contributed by atoms with Crippen LogP contribution in [0, 0.1) is 11.6 Å². The lowest BCUT2D eigenvalue weighted by atomic mass is 10.1. The van der Waals surface area contributed by atoms with Crippen molar-refractivity contribution in [2.24, 2.45) is 0 Å². The van der Waals surface area contributed by atoms with Gasteiger partial charge in [0.2, 0.25) is 5.91 Å². The summed E-state index contributed by atoms with van der Waals surface area (Å²) in [5, 5.41) is 2.61. The van der Waals surface area contributed by atoms with E-state index in [1.165, 1.54) is 47.0 Å². The standard InChI is InChI=1S/C23H22F2N4O2/c1-2-28-11-10-20-19(13-28)23(31)29(22(27-20)15-6-8-16(24)9-7-15)14-21(30)26-18-5-3-4-17(25)12-18/h3-9,12H,2,10-11,13-14H2,1H3,(H,26,30). The number of anilines is 1. The molecule has 4 rings (SSSR count). The lowest BCUT2D eigenvalue weighted by molar-refractivity contribution is -0.116. The van der Waals surface area contributed by atoms with Crippen molar-refractivity contribution < 1.29 is 13.6 Å². The van der Waals surface area contributed by atoms with Crippen molar-refractivity contribution in [3.63, 3.8) is 0 Å². The fourth-order valence-corrected chi connectivity index (χ4v) is 3.72. The molecule has 0 atom stereocenters. The first-order chi connectivity index (χ1) is 14.9. The molecule has 0 unspecified atom stereocenters. The van der Waals surface area contributed by atoms with E-state index in [9.17, 15) is 18.4 Å². The van der Waals surface area contributed by atoms with E-state index in [1.54, 1.807) is 6.07 Å². The number of amides is 1. The predicted molar refractivity (Wildman–Crippen MR) is 114 cm³/mol. The Balaban J connectivity index is 1.74. The number of aromatic nitrogens is 2. The highest BCUT2D eigenvalue weighted by atomic mass is 19.1. The van der Waals surface area contributed by atoms with Crippen LogP contribution in [0.1, 0.15) is 18.2 Å². The van der Waals surface area contributed by atoms with Gasteiger partial charge in [0.1, 0.15) is 24.0 Å². The Morgan fingerprint density at radius 2 is 1.90 bits per heavy atom. The van der Waals surface area contributed by atoms with E-state index in [1.807, 2.05) is 6.92 Å². The average molecular weight is 424 g/mol. The van der Waals surface area contributed by atoms with Crippen LogP contribution in [-0.2, 0) is 24.3 Å². The number of carbonyl (C=O) groups excluding carboxylic acids is 1. The van der Waals surface area contributed by atoms with Crippen molar-refractivity contribution in [1.29, 1.82) is 0 Å². The molecule has 0 fully saturated rings. The van der Waals surface area contributed by atoms with Crippen molar-refractivity contribution >= 4 is 11.6 Å². The Morgan fingerprint density at radius 1 is 1.13 bits per heavy atom. The Hall–Kier alpha value is -3.39. The van der Waals surface area contributed by atoms with Gasteiger partial charge >= 0.3 is 0 Å². The van der Waals surface area contributed by atoms with E-state index in [0.717, 1.165) is 13.1 Å². The Kier molecular flexibility index (Phi) is 5.90. The Morgan fingerprint density at radius 3 is 2.61 bits per heavy atom. The third-order valence-electron chi connectivity index (χ3n) is 5.35. The first kappa shape index (κ1) is 20.9. The van der Waals surface area contributed by atoms with E-state index in [4.69, 9.17) is 4.98 Å². The second-order valence-corrected chi connectivity index (χ2v) is 7.44. The van der Waals surface area contributed by atoms with Crippen LogP contribution in [0.3, 0.4) is 0 Å². The van der Waals surface area contributed by atoms with Gasteiger partial charge < -0.3 is 5.32 Å². The highest BCUT2D eigenvalue weighted by Crippen LogP contribution is 2.21. The molecular weight excluding hydrogens is 402 g/mol. The van der Waals surface area contributed by atoms with Crippen molar-refractivity contribution in [3.8, 4) is 11.4 Å². The predicted octanol–water partition coefficient (Wildman–Crippen LogP) is 3.21. The summed E-state index contributed by atoms with van der Waals surface area (Å²) in [6, 6.07) is 11.2. The van der Waals surface area contributed by atoms with Crippen LogP contribution >= 0.6 is 0 Å². The van der Waals surface area contributed by atoms with Gasteiger partial charge in [0.15, 0.2) is 0 Å². The van der Waals surface area contributed by atoms with Crippen molar-refractivity contribution in [2.75, 3.05) is 18.4 Å². The lowest BCUT2D eigenvalue weighted by Gasteiger charge is -2.27. The zero-order valence-corrected chi connectivity index (χ0v) is 17.1. The second-order valence-electron chi connectivity index (χ2n) is 7.44. The van der Waals surface area contributed by atoms with Crippen LogP contribution in [0.4, 0.5) is 14.5 Å². The number of hydrogen-bond acceptors (Lipinski definition) is 4. The lowest BCUT2D eigenvalue weighted by Crippen LogP contribution is -2.39. The summed E-state index contributed by atoms with van der Waals surface area (Å²) in [5.74, 6) is -1.06. The van der Waals surface area contributed by atoms with E-state index in [0.29, 0.717) is 41.3 Å². The van der Waals surface area contributed by atoms with Gasteiger partial charge in [-0.3, -0.25) is 19.1 Å². The summed E-state index contributed by atoms with van der Waals surface area (Å²) in [6.45, 7) is 3.79. The summed E-state index contributed by atoms with van der Waals surface area (Å²) in [4.78, 5) is 32.9. The van der Waals surface area contributed by atoms with Crippen LogP contribution in [0.2, 0.25) is 0 Å².